The van der Waals surface area contributed by atoms with Gasteiger partial charge in [-0.3, -0.25) is 4.79 Å². The van der Waals surface area contributed by atoms with Gasteiger partial charge in [-0.2, -0.15) is 15.0 Å². The lowest BCUT2D eigenvalue weighted by Gasteiger charge is -2.26. The van der Waals surface area contributed by atoms with Gasteiger partial charge in [0.1, 0.15) is 6.54 Å². The van der Waals surface area contributed by atoms with E-state index in [2.05, 4.69) is 15.5 Å². The fourth-order valence-corrected chi connectivity index (χ4v) is 4.24. The number of rotatable bonds is 9. The van der Waals surface area contributed by atoms with Crippen molar-refractivity contribution < 1.29 is 4.79 Å². The minimum absolute atomic E-state index is 0.0571. The number of hydrogen-bond acceptors (Lipinski definition) is 3. The normalized spacial score (nSPS) is 12.8. The molecule has 2 unspecified atom stereocenters. The predicted octanol–water partition coefficient (Wildman–Crippen LogP) is 5.71. The van der Waals surface area contributed by atoms with Crippen molar-refractivity contribution in [1.29, 1.82) is 0 Å². The minimum atomic E-state index is -0.135. The van der Waals surface area contributed by atoms with Crippen LogP contribution in [0.2, 0.25) is 10.0 Å². The van der Waals surface area contributed by atoms with E-state index in [0.717, 1.165) is 28.8 Å². The number of nitrogens with one attached hydrogen (secondary N) is 1. The molecule has 0 spiro atoms. The summed E-state index contributed by atoms with van der Waals surface area (Å²) in [5, 5.41) is 13.2. The van der Waals surface area contributed by atoms with Crippen LogP contribution in [-0.4, -0.2) is 26.9 Å². The zero-order valence-electron chi connectivity index (χ0n) is 18.9. The lowest BCUT2D eigenvalue weighted by atomic mass is 9.86. The number of carbonyl (C=O) groups is 1. The van der Waals surface area contributed by atoms with Gasteiger partial charge in [0.2, 0.25) is 5.91 Å². The van der Waals surface area contributed by atoms with E-state index in [9.17, 15) is 4.79 Å². The summed E-state index contributed by atoms with van der Waals surface area (Å²) in [5.74, 6) is -0.0777. The van der Waals surface area contributed by atoms with Gasteiger partial charge in [0, 0.05) is 28.4 Å². The third-order valence-electron chi connectivity index (χ3n) is 5.76. The maximum absolute atomic E-state index is 12.8. The first-order valence-electron chi connectivity index (χ1n) is 11.2. The molecule has 4 rings (SSSR count). The molecule has 0 radical (unpaired) electrons. The van der Waals surface area contributed by atoms with E-state index < -0.39 is 0 Å². The average molecular weight is 493 g/mol. The second kappa shape index (κ2) is 11.3. The van der Waals surface area contributed by atoms with E-state index in [4.69, 9.17) is 23.2 Å². The Kier molecular flexibility index (Phi) is 7.99. The van der Waals surface area contributed by atoms with Crippen LogP contribution in [0.5, 0.6) is 0 Å². The monoisotopic (exact) mass is 492 g/mol. The lowest BCUT2D eigenvalue weighted by Crippen LogP contribution is -2.40. The highest BCUT2D eigenvalue weighted by atomic mass is 35.5. The highest BCUT2D eigenvalue weighted by Crippen LogP contribution is 2.26. The average Bonchev–Trinajstić information content (AvgIpc) is 3.26. The Labute approximate surface area is 209 Å². The Morgan fingerprint density at radius 1 is 0.912 bits per heavy atom. The van der Waals surface area contributed by atoms with Gasteiger partial charge in [-0.15, -0.1) is 0 Å². The molecule has 1 N–H and O–H groups in total. The Morgan fingerprint density at radius 3 is 2.24 bits per heavy atom. The maximum Gasteiger partial charge on any atom is 0.243 e. The van der Waals surface area contributed by atoms with E-state index in [1.807, 2.05) is 85.8 Å². The molecule has 0 saturated carbocycles. The van der Waals surface area contributed by atoms with Crippen LogP contribution in [0, 0.1) is 0 Å². The second-order valence-electron chi connectivity index (χ2n) is 8.37. The van der Waals surface area contributed by atoms with Gasteiger partial charge in [0.15, 0.2) is 0 Å². The van der Waals surface area contributed by atoms with Gasteiger partial charge in [-0.1, -0.05) is 77.8 Å². The second-order valence-corrected chi connectivity index (χ2v) is 9.25. The molecule has 34 heavy (non-hydrogen) atoms. The molecule has 0 bridgehead atoms. The SMILES string of the molecule is CC(NC(=O)Cn1ncc(Cc2ccccc2)n1)C(Cc1ccc(Cl)cc1)c1ccc(Cl)cc1. The van der Waals surface area contributed by atoms with Crippen LogP contribution >= 0.6 is 23.2 Å². The van der Waals surface area contributed by atoms with Gasteiger partial charge in [0.25, 0.3) is 0 Å². The molecule has 1 aromatic heterocycles. The number of aromatic nitrogens is 3. The number of hydrogen-bond donors (Lipinski definition) is 1. The fraction of sp³-hybridized carbons (Fsp3) is 0.222. The first-order chi connectivity index (χ1) is 16.5. The number of benzene rings is 3. The summed E-state index contributed by atoms with van der Waals surface area (Å²) in [5.41, 5.74) is 4.23. The minimum Gasteiger partial charge on any atom is -0.351 e. The Bertz CT molecular complexity index is 1210. The summed E-state index contributed by atoms with van der Waals surface area (Å²) in [6, 6.07) is 25.5. The van der Waals surface area contributed by atoms with Crippen LogP contribution in [0.1, 0.15) is 35.2 Å². The molecule has 0 aliphatic carbocycles. The third kappa shape index (κ3) is 6.69. The smallest absolute Gasteiger partial charge is 0.243 e. The van der Waals surface area contributed by atoms with Crippen molar-refractivity contribution in [3.05, 3.63) is 117 Å². The third-order valence-corrected chi connectivity index (χ3v) is 6.26. The van der Waals surface area contributed by atoms with Crippen LogP contribution in [0.3, 0.4) is 0 Å². The Hall–Kier alpha value is -3.15. The molecular formula is C27H26Cl2N4O. The standard InChI is InChI=1S/C27H26Cl2N4O/c1-19(26(22-9-13-24(29)14-10-22)16-21-7-11-23(28)12-8-21)31-27(34)18-33-30-17-25(32-33)15-20-5-3-2-4-6-20/h2-14,17,19,26H,15-16,18H2,1H3,(H,31,34). The van der Waals surface area contributed by atoms with Crippen molar-refractivity contribution in [1.82, 2.24) is 20.3 Å². The number of carbonyl (C=O) groups excluding carboxylic acids is 1. The van der Waals surface area contributed by atoms with Crippen LogP contribution in [0.4, 0.5) is 0 Å². The highest BCUT2D eigenvalue weighted by Gasteiger charge is 2.22. The quantitative estimate of drug-likeness (QED) is 0.325. The van der Waals surface area contributed by atoms with Crippen molar-refractivity contribution in [2.45, 2.75) is 38.3 Å². The zero-order chi connectivity index (χ0) is 23.9. The number of halogens is 2. The van der Waals surface area contributed by atoms with Crippen LogP contribution in [0.25, 0.3) is 0 Å². The van der Waals surface area contributed by atoms with Crippen molar-refractivity contribution in [3.63, 3.8) is 0 Å². The van der Waals surface area contributed by atoms with Gasteiger partial charge in [-0.05, 0) is 54.3 Å². The summed E-state index contributed by atoms with van der Waals surface area (Å²) >= 11 is 12.2. The first-order valence-corrected chi connectivity index (χ1v) is 11.9. The summed E-state index contributed by atoms with van der Waals surface area (Å²) in [6.07, 6.45) is 3.14. The number of nitrogens with zero attached hydrogens (tertiary/aromatic N) is 3. The van der Waals surface area contributed by atoms with E-state index in [-0.39, 0.29) is 24.4 Å². The molecule has 0 saturated heterocycles. The van der Waals surface area contributed by atoms with Crippen LogP contribution in [0.15, 0.2) is 85.1 Å². The van der Waals surface area contributed by atoms with Gasteiger partial charge >= 0.3 is 0 Å². The van der Waals surface area contributed by atoms with Crippen molar-refractivity contribution >= 4 is 29.1 Å². The van der Waals surface area contributed by atoms with E-state index in [0.29, 0.717) is 16.5 Å². The van der Waals surface area contributed by atoms with Gasteiger partial charge < -0.3 is 5.32 Å². The molecule has 1 heterocycles. The van der Waals surface area contributed by atoms with Crippen molar-refractivity contribution in [2.24, 2.45) is 0 Å². The molecule has 0 aliphatic rings. The number of amides is 1. The predicted molar refractivity (Wildman–Crippen MR) is 136 cm³/mol. The molecule has 4 aromatic rings. The van der Waals surface area contributed by atoms with Crippen LogP contribution in [-0.2, 0) is 24.2 Å². The molecular weight excluding hydrogens is 467 g/mol. The van der Waals surface area contributed by atoms with Crippen LogP contribution < -0.4 is 5.32 Å². The molecule has 1 amide bonds. The Balaban J connectivity index is 1.42. The molecule has 0 aliphatic heterocycles. The molecule has 7 heteroatoms. The summed E-state index contributed by atoms with van der Waals surface area (Å²) in [7, 11) is 0. The van der Waals surface area contributed by atoms with E-state index in [1.54, 1.807) is 6.20 Å². The lowest BCUT2D eigenvalue weighted by molar-refractivity contribution is -0.122. The highest BCUT2D eigenvalue weighted by molar-refractivity contribution is 6.30. The summed E-state index contributed by atoms with van der Waals surface area (Å²) in [6.45, 7) is 2.08. The zero-order valence-corrected chi connectivity index (χ0v) is 20.4. The molecule has 2 atom stereocenters. The maximum atomic E-state index is 12.8. The summed E-state index contributed by atoms with van der Waals surface area (Å²) in [4.78, 5) is 14.3. The van der Waals surface area contributed by atoms with Crippen molar-refractivity contribution in [3.8, 4) is 0 Å². The van der Waals surface area contributed by atoms with E-state index in [1.165, 1.54) is 4.80 Å². The topological polar surface area (TPSA) is 59.8 Å². The molecule has 5 nitrogen and oxygen atoms in total. The largest absolute Gasteiger partial charge is 0.351 e. The van der Waals surface area contributed by atoms with Gasteiger partial charge in [0.05, 0.1) is 11.9 Å². The molecule has 3 aromatic carbocycles. The summed E-state index contributed by atoms with van der Waals surface area (Å²) < 4.78 is 0. The first kappa shape index (κ1) is 24.0. The Morgan fingerprint density at radius 2 is 1.56 bits per heavy atom. The van der Waals surface area contributed by atoms with Crippen molar-refractivity contribution in [2.75, 3.05) is 0 Å². The molecule has 174 valence electrons. The van der Waals surface area contributed by atoms with E-state index >= 15 is 0 Å². The van der Waals surface area contributed by atoms with Gasteiger partial charge in [-0.25, -0.2) is 0 Å². The molecule has 0 fully saturated rings. The fourth-order valence-electron chi connectivity index (χ4n) is 3.99.